The lowest BCUT2D eigenvalue weighted by atomic mass is 10.1. The summed E-state index contributed by atoms with van der Waals surface area (Å²) >= 11 is 9.41. The minimum absolute atomic E-state index is 0.723. The number of hydrogen-bond donors (Lipinski definition) is 0. The van der Waals surface area contributed by atoms with Crippen molar-refractivity contribution >= 4 is 27.5 Å². The summed E-state index contributed by atoms with van der Waals surface area (Å²) in [5.41, 5.74) is 3.30. The van der Waals surface area contributed by atoms with E-state index in [2.05, 4.69) is 27.0 Å². The van der Waals surface area contributed by atoms with Crippen LogP contribution in [0.1, 0.15) is 5.56 Å². The largest absolute Gasteiger partial charge is 0.264 e. The molecule has 1 aromatic carbocycles. The lowest BCUT2D eigenvalue weighted by Crippen LogP contribution is -1.82. The predicted molar refractivity (Wildman–Crippen MR) is 67.1 cm³/mol. The summed E-state index contributed by atoms with van der Waals surface area (Å²) < 4.78 is 0.978. The first-order valence-electron chi connectivity index (χ1n) is 4.53. The maximum absolute atomic E-state index is 5.99. The van der Waals surface area contributed by atoms with Gasteiger partial charge < -0.3 is 0 Å². The van der Waals surface area contributed by atoms with Gasteiger partial charge in [0.15, 0.2) is 0 Å². The van der Waals surface area contributed by atoms with Crippen LogP contribution in [0.5, 0.6) is 0 Å². The predicted octanol–water partition coefficient (Wildman–Crippen LogP) is 4.47. The van der Waals surface area contributed by atoms with E-state index in [1.807, 2.05) is 37.5 Å². The van der Waals surface area contributed by atoms with Gasteiger partial charge in [0.1, 0.15) is 0 Å². The fourth-order valence-corrected chi connectivity index (χ4v) is 2.29. The van der Waals surface area contributed by atoms with Crippen molar-refractivity contribution in [1.82, 2.24) is 4.98 Å². The van der Waals surface area contributed by atoms with Crippen LogP contribution in [0.25, 0.3) is 11.1 Å². The monoisotopic (exact) mass is 281 g/mol. The molecular formula is C12H9BrClN. The second kappa shape index (κ2) is 4.33. The maximum atomic E-state index is 5.99. The van der Waals surface area contributed by atoms with Gasteiger partial charge in [-0.2, -0.15) is 0 Å². The van der Waals surface area contributed by atoms with Crippen molar-refractivity contribution < 1.29 is 0 Å². The van der Waals surface area contributed by atoms with Crippen molar-refractivity contribution in [3.8, 4) is 11.1 Å². The summed E-state index contributed by atoms with van der Waals surface area (Å²) in [5, 5.41) is 0.723. The van der Waals surface area contributed by atoms with E-state index in [9.17, 15) is 0 Å². The zero-order valence-corrected chi connectivity index (χ0v) is 10.5. The Morgan fingerprint density at radius 3 is 2.53 bits per heavy atom. The van der Waals surface area contributed by atoms with Crippen LogP contribution in [-0.2, 0) is 0 Å². The van der Waals surface area contributed by atoms with Crippen molar-refractivity contribution in [3.63, 3.8) is 0 Å². The minimum atomic E-state index is 0.723. The lowest BCUT2D eigenvalue weighted by molar-refractivity contribution is 1.27. The Bertz CT molecular complexity index is 476. The molecule has 0 spiro atoms. The quantitative estimate of drug-likeness (QED) is 0.752. The molecule has 0 amide bonds. The van der Waals surface area contributed by atoms with Crippen molar-refractivity contribution in [2.75, 3.05) is 0 Å². The zero-order chi connectivity index (χ0) is 10.8. The number of aryl methyl sites for hydroxylation is 1. The molecule has 0 N–H and O–H groups in total. The number of halogens is 2. The van der Waals surface area contributed by atoms with E-state index in [0.717, 1.165) is 26.2 Å². The maximum Gasteiger partial charge on any atom is 0.0423 e. The van der Waals surface area contributed by atoms with Gasteiger partial charge in [-0.05, 0) is 42.3 Å². The lowest BCUT2D eigenvalue weighted by Gasteiger charge is -2.03. The Kier molecular flexibility index (Phi) is 3.08. The van der Waals surface area contributed by atoms with Crippen molar-refractivity contribution in [2.24, 2.45) is 0 Å². The molecule has 0 aliphatic rings. The van der Waals surface area contributed by atoms with Crippen LogP contribution in [0.2, 0.25) is 5.02 Å². The molecule has 1 aromatic heterocycles. The third-order valence-electron chi connectivity index (χ3n) is 2.07. The highest BCUT2D eigenvalue weighted by Gasteiger charge is 2.01. The number of nitrogens with zero attached hydrogens (tertiary/aromatic N) is 1. The minimum Gasteiger partial charge on any atom is -0.264 e. The van der Waals surface area contributed by atoms with Gasteiger partial charge in [0.2, 0.25) is 0 Å². The van der Waals surface area contributed by atoms with Crippen molar-refractivity contribution in [2.45, 2.75) is 6.92 Å². The van der Waals surface area contributed by atoms with Gasteiger partial charge in [-0.1, -0.05) is 27.5 Å². The molecule has 0 fully saturated rings. The van der Waals surface area contributed by atoms with Gasteiger partial charge in [-0.25, -0.2) is 0 Å². The van der Waals surface area contributed by atoms with E-state index in [-0.39, 0.29) is 0 Å². The van der Waals surface area contributed by atoms with Crippen molar-refractivity contribution in [1.29, 1.82) is 0 Å². The zero-order valence-electron chi connectivity index (χ0n) is 8.17. The highest BCUT2D eigenvalue weighted by molar-refractivity contribution is 9.10. The third-order valence-corrected chi connectivity index (χ3v) is 2.75. The molecule has 76 valence electrons. The van der Waals surface area contributed by atoms with Gasteiger partial charge in [-0.15, -0.1) is 0 Å². The molecule has 0 aliphatic heterocycles. The van der Waals surface area contributed by atoms with Crippen LogP contribution in [0.15, 0.2) is 41.1 Å². The first kappa shape index (κ1) is 10.7. The average molecular weight is 283 g/mol. The van der Waals surface area contributed by atoms with E-state index in [0.29, 0.717) is 0 Å². The van der Waals surface area contributed by atoms with E-state index in [1.54, 1.807) is 0 Å². The van der Waals surface area contributed by atoms with E-state index in [1.165, 1.54) is 0 Å². The Morgan fingerprint density at radius 1 is 1.07 bits per heavy atom. The van der Waals surface area contributed by atoms with E-state index >= 15 is 0 Å². The number of rotatable bonds is 1. The molecule has 0 bridgehead atoms. The van der Waals surface area contributed by atoms with Gasteiger partial charge in [0.25, 0.3) is 0 Å². The van der Waals surface area contributed by atoms with E-state index in [4.69, 9.17) is 11.6 Å². The highest BCUT2D eigenvalue weighted by Crippen LogP contribution is 2.27. The Balaban J connectivity index is 2.54. The van der Waals surface area contributed by atoms with Gasteiger partial charge >= 0.3 is 0 Å². The topological polar surface area (TPSA) is 12.9 Å². The second-order valence-corrected chi connectivity index (χ2v) is 4.76. The molecule has 1 nitrogen and oxygen atoms in total. The summed E-state index contributed by atoms with van der Waals surface area (Å²) in [6, 6.07) is 7.92. The third kappa shape index (κ3) is 2.58. The van der Waals surface area contributed by atoms with Crippen LogP contribution in [0.4, 0.5) is 0 Å². The fraction of sp³-hybridized carbons (Fsp3) is 0.0833. The van der Waals surface area contributed by atoms with Crippen LogP contribution < -0.4 is 0 Å². The van der Waals surface area contributed by atoms with Crippen LogP contribution in [0.3, 0.4) is 0 Å². The van der Waals surface area contributed by atoms with E-state index < -0.39 is 0 Å². The number of benzene rings is 1. The summed E-state index contributed by atoms with van der Waals surface area (Å²) in [5.74, 6) is 0. The molecule has 1 heterocycles. The molecule has 0 radical (unpaired) electrons. The second-order valence-electron chi connectivity index (χ2n) is 3.41. The normalized spacial score (nSPS) is 10.3. The number of hydrogen-bond acceptors (Lipinski definition) is 1. The van der Waals surface area contributed by atoms with Crippen molar-refractivity contribution in [3.05, 3.63) is 51.7 Å². The number of pyridine rings is 1. The highest BCUT2D eigenvalue weighted by atomic mass is 79.9. The van der Waals surface area contributed by atoms with Gasteiger partial charge in [0, 0.05) is 27.5 Å². The summed E-state index contributed by atoms with van der Waals surface area (Å²) in [6.07, 6.45) is 3.67. The molecule has 0 atom stereocenters. The summed E-state index contributed by atoms with van der Waals surface area (Å²) in [6.45, 7) is 2.02. The molecular weight excluding hydrogens is 273 g/mol. The van der Waals surface area contributed by atoms with Crippen LogP contribution in [-0.4, -0.2) is 4.98 Å². The Hall–Kier alpha value is -0.860. The molecule has 0 aliphatic carbocycles. The Morgan fingerprint density at radius 2 is 1.87 bits per heavy atom. The fourth-order valence-electron chi connectivity index (χ4n) is 1.43. The molecule has 15 heavy (non-hydrogen) atoms. The van der Waals surface area contributed by atoms with Gasteiger partial charge in [0.05, 0.1) is 0 Å². The molecule has 2 rings (SSSR count). The number of aromatic nitrogens is 1. The molecule has 2 aromatic rings. The molecule has 0 saturated carbocycles. The SMILES string of the molecule is Cc1cncc(-c2cc(Cl)cc(Br)c2)c1. The standard InChI is InChI=1S/C12H9BrClN/c1-8-2-10(7-15-6-8)9-3-11(13)5-12(14)4-9/h2-7H,1H3. The first-order chi connectivity index (χ1) is 7.15. The smallest absolute Gasteiger partial charge is 0.0423 e. The summed E-state index contributed by atoms with van der Waals surface area (Å²) in [7, 11) is 0. The Labute approximate surface area is 102 Å². The average Bonchev–Trinajstić information content (AvgIpc) is 2.16. The summed E-state index contributed by atoms with van der Waals surface area (Å²) in [4.78, 5) is 4.16. The first-order valence-corrected chi connectivity index (χ1v) is 5.70. The van der Waals surface area contributed by atoms with Crippen LogP contribution in [0, 0.1) is 6.92 Å². The van der Waals surface area contributed by atoms with Crippen LogP contribution >= 0.6 is 27.5 Å². The molecule has 3 heteroatoms. The van der Waals surface area contributed by atoms with Gasteiger partial charge in [-0.3, -0.25) is 4.98 Å². The molecule has 0 unspecified atom stereocenters. The molecule has 0 saturated heterocycles.